The summed E-state index contributed by atoms with van der Waals surface area (Å²) in [7, 11) is -3.24. The summed E-state index contributed by atoms with van der Waals surface area (Å²) in [5.74, 6) is 0.628. The Labute approximate surface area is 218 Å². The number of rotatable bonds is 6. The van der Waals surface area contributed by atoms with E-state index in [1.807, 2.05) is 23.1 Å². The lowest BCUT2D eigenvalue weighted by atomic mass is 9.76. The zero-order chi connectivity index (χ0) is 26.2. The molecule has 3 aliphatic rings. The molecule has 37 heavy (non-hydrogen) atoms. The molecule has 5 rings (SSSR count). The minimum absolute atomic E-state index is 0.186. The van der Waals surface area contributed by atoms with Gasteiger partial charge in [0.1, 0.15) is 0 Å². The molecule has 9 heteroatoms. The predicted octanol–water partition coefficient (Wildman–Crippen LogP) is 3.30. The van der Waals surface area contributed by atoms with Crippen LogP contribution >= 0.6 is 0 Å². The van der Waals surface area contributed by atoms with Crippen molar-refractivity contribution in [3.8, 4) is 0 Å². The summed E-state index contributed by atoms with van der Waals surface area (Å²) in [4.78, 5) is 31.3. The number of sulfone groups is 1. The molecule has 0 bridgehead atoms. The fourth-order valence-corrected chi connectivity index (χ4v) is 6.99. The number of hydrogen-bond acceptors (Lipinski definition) is 5. The first-order chi connectivity index (χ1) is 17.6. The maximum Gasteiger partial charge on any atom is 0.407 e. The van der Waals surface area contributed by atoms with Crippen LogP contribution in [0.1, 0.15) is 36.3 Å². The Balaban J connectivity index is 1.19. The molecule has 2 amide bonds. The first-order valence-corrected chi connectivity index (χ1v) is 14.9. The van der Waals surface area contributed by atoms with E-state index in [4.69, 9.17) is 0 Å². The van der Waals surface area contributed by atoms with Crippen LogP contribution in [0.25, 0.3) is 0 Å². The van der Waals surface area contributed by atoms with Gasteiger partial charge in [-0.3, -0.25) is 4.79 Å². The quantitative estimate of drug-likeness (QED) is 0.622. The Morgan fingerprint density at radius 2 is 1.62 bits per heavy atom. The van der Waals surface area contributed by atoms with Gasteiger partial charge in [-0.05, 0) is 61.5 Å². The average molecular weight is 526 g/mol. The Morgan fingerprint density at radius 3 is 2.24 bits per heavy atom. The second-order valence-electron chi connectivity index (χ2n) is 10.9. The number of carbonyl (C=O) groups excluding carboxylic acids is 1. The Bertz CT molecular complexity index is 1240. The molecule has 0 aliphatic carbocycles. The van der Waals surface area contributed by atoms with Gasteiger partial charge in [-0.15, -0.1) is 0 Å². The molecule has 3 heterocycles. The number of amides is 2. The van der Waals surface area contributed by atoms with E-state index in [0.717, 1.165) is 51.0 Å². The maximum atomic E-state index is 13.5. The van der Waals surface area contributed by atoms with Crippen molar-refractivity contribution in [3.63, 3.8) is 0 Å². The van der Waals surface area contributed by atoms with E-state index in [-0.39, 0.29) is 28.1 Å². The van der Waals surface area contributed by atoms with Gasteiger partial charge in [0.2, 0.25) is 5.91 Å². The summed E-state index contributed by atoms with van der Waals surface area (Å²) >= 11 is 0. The van der Waals surface area contributed by atoms with Crippen LogP contribution in [0.3, 0.4) is 0 Å². The van der Waals surface area contributed by atoms with Crippen LogP contribution in [0.4, 0.5) is 4.79 Å². The molecular formula is C28H35N3O5S. The highest BCUT2D eigenvalue weighted by atomic mass is 32.2. The van der Waals surface area contributed by atoms with Crippen LogP contribution in [0.2, 0.25) is 0 Å². The molecule has 1 N–H and O–H groups in total. The van der Waals surface area contributed by atoms with Gasteiger partial charge < -0.3 is 19.8 Å². The van der Waals surface area contributed by atoms with E-state index in [2.05, 4.69) is 17.0 Å². The third-order valence-corrected chi connectivity index (χ3v) is 9.70. The number of likely N-dealkylation sites (tertiary alicyclic amines) is 3. The van der Waals surface area contributed by atoms with Crippen molar-refractivity contribution in [1.82, 2.24) is 14.7 Å². The van der Waals surface area contributed by atoms with Crippen molar-refractivity contribution < 1.29 is 23.1 Å². The summed E-state index contributed by atoms with van der Waals surface area (Å²) in [6, 6.07) is 17.0. The zero-order valence-corrected chi connectivity index (χ0v) is 22.1. The van der Waals surface area contributed by atoms with E-state index >= 15 is 0 Å². The summed E-state index contributed by atoms with van der Waals surface area (Å²) in [6.45, 7) is 4.81. The first kappa shape index (κ1) is 25.7. The minimum atomic E-state index is -3.24. The molecule has 2 atom stereocenters. The fourth-order valence-electron chi connectivity index (χ4n) is 6.36. The van der Waals surface area contributed by atoms with Crippen molar-refractivity contribution in [2.75, 3.05) is 45.5 Å². The molecule has 3 aliphatic heterocycles. The third kappa shape index (κ3) is 5.38. The third-order valence-electron chi connectivity index (χ3n) is 8.57. The molecule has 2 aromatic carbocycles. The number of hydrogen-bond donors (Lipinski definition) is 1. The molecule has 0 radical (unpaired) electrons. The molecule has 2 unspecified atom stereocenters. The SMILES string of the molecule is CS(=O)(=O)c1ccc(CN2CCC3(CCN(CC4CN(C(=O)O)CC4c4ccccc4)CC3)C2=O)cc1. The molecule has 3 saturated heterocycles. The number of carbonyl (C=O) groups is 2. The van der Waals surface area contributed by atoms with Crippen molar-refractivity contribution in [2.24, 2.45) is 11.3 Å². The molecule has 2 aromatic rings. The second-order valence-corrected chi connectivity index (χ2v) is 13.0. The lowest BCUT2D eigenvalue weighted by Gasteiger charge is -2.39. The van der Waals surface area contributed by atoms with E-state index < -0.39 is 15.9 Å². The lowest BCUT2D eigenvalue weighted by molar-refractivity contribution is -0.139. The molecule has 1 spiro atoms. The second kappa shape index (κ2) is 10.1. The molecule has 198 valence electrons. The van der Waals surface area contributed by atoms with Gasteiger partial charge in [0, 0.05) is 44.9 Å². The standard InChI is InChI=1S/C28H35N3O5S/c1-37(35,36)24-9-7-21(8-10-24)17-30-16-13-28(26(30)32)11-14-29(15-12-28)18-23-19-31(27(33)34)20-25(23)22-5-3-2-4-6-22/h2-10,23,25H,11-20H2,1H3,(H,33,34). The van der Waals surface area contributed by atoms with Crippen LogP contribution < -0.4 is 0 Å². The van der Waals surface area contributed by atoms with Crippen molar-refractivity contribution in [2.45, 2.75) is 36.6 Å². The van der Waals surface area contributed by atoms with E-state index in [9.17, 15) is 23.1 Å². The number of piperidine rings is 1. The molecule has 0 aromatic heterocycles. The van der Waals surface area contributed by atoms with Gasteiger partial charge in [-0.2, -0.15) is 0 Å². The van der Waals surface area contributed by atoms with E-state index in [0.29, 0.717) is 19.6 Å². The molecular weight excluding hydrogens is 490 g/mol. The van der Waals surface area contributed by atoms with Crippen molar-refractivity contribution in [1.29, 1.82) is 0 Å². The monoisotopic (exact) mass is 525 g/mol. The smallest absolute Gasteiger partial charge is 0.407 e. The van der Waals surface area contributed by atoms with Gasteiger partial charge in [-0.25, -0.2) is 13.2 Å². The van der Waals surface area contributed by atoms with Crippen LogP contribution in [0.15, 0.2) is 59.5 Å². The Morgan fingerprint density at radius 1 is 0.973 bits per heavy atom. The minimum Gasteiger partial charge on any atom is -0.465 e. The van der Waals surface area contributed by atoms with Gasteiger partial charge in [0.05, 0.1) is 10.3 Å². The van der Waals surface area contributed by atoms with E-state index in [1.54, 1.807) is 24.3 Å². The van der Waals surface area contributed by atoms with Gasteiger partial charge in [0.15, 0.2) is 9.84 Å². The number of nitrogens with zero attached hydrogens (tertiary/aromatic N) is 3. The summed E-state index contributed by atoms with van der Waals surface area (Å²) in [5, 5.41) is 9.59. The van der Waals surface area contributed by atoms with Crippen LogP contribution in [-0.4, -0.2) is 85.7 Å². The van der Waals surface area contributed by atoms with Crippen molar-refractivity contribution >= 4 is 21.8 Å². The summed E-state index contributed by atoms with van der Waals surface area (Å²) in [6.07, 6.45) is 2.83. The first-order valence-electron chi connectivity index (χ1n) is 13.0. The van der Waals surface area contributed by atoms with Gasteiger partial charge in [-0.1, -0.05) is 42.5 Å². The highest BCUT2D eigenvalue weighted by molar-refractivity contribution is 7.90. The Kier molecular flexibility index (Phi) is 7.02. The number of carboxylic acid groups (broad SMARTS) is 1. The lowest BCUT2D eigenvalue weighted by Crippen LogP contribution is -2.46. The highest BCUT2D eigenvalue weighted by Gasteiger charge is 2.48. The van der Waals surface area contributed by atoms with Gasteiger partial charge >= 0.3 is 6.09 Å². The molecule has 3 fully saturated rings. The normalized spacial score (nSPS) is 24.2. The fraction of sp³-hybridized carbons (Fsp3) is 0.500. The number of benzene rings is 2. The summed E-state index contributed by atoms with van der Waals surface area (Å²) < 4.78 is 23.4. The van der Waals surface area contributed by atoms with Gasteiger partial charge in [0.25, 0.3) is 0 Å². The largest absolute Gasteiger partial charge is 0.465 e. The van der Waals surface area contributed by atoms with Crippen LogP contribution in [0, 0.1) is 11.3 Å². The topological polar surface area (TPSA) is 98.2 Å². The summed E-state index contributed by atoms with van der Waals surface area (Å²) in [5.41, 5.74) is 1.81. The van der Waals surface area contributed by atoms with Crippen molar-refractivity contribution in [3.05, 3.63) is 65.7 Å². The highest BCUT2D eigenvalue weighted by Crippen LogP contribution is 2.43. The van der Waals surface area contributed by atoms with Crippen LogP contribution in [0.5, 0.6) is 0 Å². The zero-order valence-electron chi connectivity index (χ0n) is 21.3. The maximum absolute atomic E-state index is 13.5. The predicted molar refractivity (Wildman–Crippen MR) is 140 cm³/mol. The average Bonchev–Trinajstić information content (AvgIpc) is 3.43. The van der Waals surface area contributed by atoms with E-state index in [1.165, 1.54) is 16.7 Å². The Hall–Kier alpha value is -2.91. The molecule has 8 nitrogen and oxygen atoms in total. The van der Waals surface area contributed by atoms with Crippen LogP contribution in [-0.2, 0) is 21.2 Å². The molecule has 0 saturated carbocycles.